The van der Waals surface area contributed by atoms with E-state index in [0.717, 1.165) is 6.54 Å². The molecule has 0 aromatic heterocycles. The van der Waals surface area contributed by atoms with Crippen molar-refractivity contribution in [3.63, 3.8) is 0 Å². The fourth-order valence-electron chi connectivity index (χ4n) is 1.38. The summed E-state index contributed by atoms with van der Waals surface area (Å²) in [5.41, 5.74) is 13.0. The summed E-state index contributed by atoms with van der Waals surface area (Å²) >= 11 is 0. The number of guanidine groups is 1. The van der Waals surface area contributed by atoms with Crippen molar-refractivity contribution in [2.24, 2.45) is 16.5 Å². The van der Waals surface area contributed by atoms with Crippen LogP contribution in [0.15, 0.2) is 29.3 Å². The standard InChI is InChI=1S/C11H18N4.HI/c1-15(2)8-10-6-4-3-5-9(10)7-14-11(12)13;/h3-6H,7-8H2,1-2H3,(H4,12,13,14);1H. The lowest BCUT2D eigenvalue weighted by Gasteiger charge is -2.12. The van der Waals surface area contributed by atoms with Gasteiger partial charge in [-0.1, -0.05) is 24.3 Å². The van der Waals surface area contributed by atoms with Crippen molar-refractivity contribution in [2.75, 3.05) is 14.1 Å². The van der Waals surface area contributed by atoms with Crippen LogP contribution >= 0.6 is 24.0 Å². The van der Waals surface area contributed by atoms with Gasteiger partial charge in [0.05, 0.1) is 6.54 Å². The fraction of sp³-hybridized carbons (Fsp3) is 0.364. The second-order valence-electron chi connectivity index (χ2n) is 3.75. The van der Waals surface area contributed by atoms with Crippen LogP contribution in [0.25, 0.3) is 0 Å². The van der Waals surface area contributed by atoms with Gasteiger partial charge in [0.25, 0.3) is 0 Å². The monoisotopic (exact) mass is 334 g/mol. The van der Waals surface area contributed by atoms with Crippen molar-refractivity contribution < 1.29 is 0 Å². The van der Waals surface area contributed by atoms with Crippen LogP contribution in [0.3, 0.4) is 0 Å². The second kappa shape index (κ2) is 7.45. The molecule has 1 rings (SSSR count). The van der Waals surface area contributed by atoms with Gasteiger partial charge in [0, 0.05) is 6.54 Å². The summed E-state index contributed by atoms with van der Waals surface area (Å²) in [5, 5.41) is 0. The number of hydrogen-bond donors (Lipinski definition) is 2. The average Bonchev–Trinajstić information content (AvgIpc) is 2.15. The largest absolute Gasteiger partial charge is 0.370 e. The second-order valence-corrected chi connectivity index (χ2v) is 3.75. The molecule has 0 spiro atoms. The molecule has 0 atom stereocenters. The van der Waals surface area contributed by atoms with Gasteiger partial charge < -0.3 is 16.4 Å². The Bertz CT molecular complexity index is 346. The molecule has 0 aliphatic heterocycles. The zero-order valence-corrected chi connectivity index (χ0v) is 12.0. The summed E-state index contributed by atoms with van der Waals surface area (Å²) in [7, 11) is 4.08. The van der Waals surface area contributed by atoms with E-state index in [1.54, 1.807) is 0 Å². The van der Waals surface area contributed by atoms with Gasteiger partial charge in [0.15, 0.2) is 5.96 Å². The molecular formula is C11H19IN4. The maximum absolute atomic E-state index is 5.31. The summed E-state index contributed by atoms with van der Waals surface area (Å²) < 4.78 is 0. The predicted octanol–water partition coefficient (Wildman–Crippen LogP) is 1.14. The van der Waals surface area contributed by atoms with Gasteiger partial charge in [-0.25, -0.2) is 4.99 Å². The Labute approximate surface area is 114 Å². The van der Waals surface area contributed by atoms with E-state index in [-0.39, 0.29) is 29.9 Å². The maximum Gasteiger partial charge on any atom is 0.186 e. The lowest BCUT2D eigenvalue weighted by atomic mass is 10.1. The van der Waals surface area contributed by atoms with Gasteiger partial charge >= 0.3 is 0 Å². The molecule has 0 saturated heterocycles. The van der Waals surface area contributed by atoms with Crippen LogP contribution in [-0.4, -0.2) is 25.0 Å². The van der Waals surface area contributed by atoms with Crippen LogP contribution in [0.1, 0.15) is 11.1 Å². The van der Waals surface area contributed by atoms with Crippen LogP contribution in [-0.2, 0) is 13.1 Å². The van der Waals surface area contributed by atoms with Gasteiger partial charge in [0.2, 0.25) is 0 Å². The van der Waals surface area contributed by atoms with E-state index in [0.29, 0.717) is 6.54 Å². The maximum atomic E-state index is 5.31. The quantitative estimate of drug-likeness (QED) is 0.493. The number of rotatable bonds is 4. The third-order valence-electron chi connectivity index (χ3n) is 2.04. The van der Waals surface area contributed by atoms with E-state index in [1.807, 2.05) is 32.3 Å². The van der Waals surface area contributed by atoms with Crippen molar-refractivity contribution in [1.29, 1.82) is 0 Å². The van der Waals surface area contributed by atoms with Gasteiger partial charge in [-0.05, 0) is 25.2 Å². The minimum absolute atomic E-state index is 0. The van der Waals surface area contributed by atoms with Gasteiger partial charge in [-0.3, -0.25) is 0 Å². The molecule has 0 unspecified atom stereocenters. The lowest BCUT2D eigenvalue weighted by molar-refractivity contribution is 0.401. The number of nitrogens with two attached hydrogens (primary N) is 2. The normalized spacial score (nSPS) is 9.69. The first-order valence-electron chi connectivity index (χ1n) is 4.86. The van der Waals surface area contributed by atoms with Gasteiger partial charge in [-0.2, -0.15) is 0 Å². The molecule has 90 valence electrons. The van der Waals surface area contributed by atoms with Crippen molar-refractivity contribution in [1.82, 2.24) is 4.90 Å². The zero-order valence-electron chi connectivity index (χ0n) is 9.68. The molecule has 0 radical (unpaired) electrons. The predicted molar refractivity (Wildman–Crippen MR) is 78.8 cm³/mol. The van der Waals surface area contributed by atoms with Gasteiger partial charge in [0.1, 0.15) is 0 Å². The minimum atomic E-state index is 0. The van der Waals surface area contributed by atoms with Crippen LogP contribution in [0.2, 0.25) is 0 Å². The number of aliphatic imine (C=N–C) groups is 1. The molecular weight excluding hydrogens is 315 g/mol. The molecule has 0 amide bonds. The molecule has 0 aliphatic rings. The van der Waals surface area contributed by atoms with E-state index in [2.05, 4.69) is 16.0 Å². The molecule has 5 heteroatoms. The Morgan fingerprint density at radius 3 is 2.25 bits per heavy atom. The minimum Gasteiger partial charge on any atom is -0.370 e. The van der Waals surface area contributed by atoms with E-state index >= 15 is 0 Å². The van der Waals surface area contributed by atoms with Crippen LogP contribution in [0.4, 0.5) is 0 Å². The first-order chi connectivity index (χ1) is 7.09. The number of halogens is 1. The number of hydrogen-bond acceptors (Lipinski definition) is 2. The average molecular weight is 334 g/mol. The number of benzene rings is 1. The molecule has 4 N–H and O–H groups in total. The molecule has 1 aromatic rings. The lowest BCUT2D eigenvalue weighted by Crippen LogP contribution is -2.22. The Morgan fingerprint density at radius 1 is 1.19 bits per heavy atom. The van der Waals surface area contributed by atoms with Crippen LogP contribution < -0.4 is 11.5 Å². The van der Waals surface area contributed by atoms with Crippen molar-refractivity contribution in [3.05, 3.63) is 35.4 Å². The summed E-state index contributed by atoms with van der Waals surface area (Å²) in [6.07, 6.45) is 0. The third-order valence-corrected chi connectivity index (χ3v) is 2.04. The number of nitrogens with zero attached hydrogens (tertiary/aromatic N) is 2. The van der Waals surface area contributed by atoms with Crippen LogP contribution in [0.5, 0.6) is 0 Å². The first kappa shape index (κ1) is 15.2. The Kier molecular flexibility index (Phi) is 7.07. The third kappa shape index (κ3) is 5.32. The van der Waals surface area contributed by atoms with Crippen molar-refractivity contribution in [2.45, 2.75) is 13.1 Å². The molecule has 16 heavy (non-hydrogen) atoms. The molecule has 0 bridgehead atoms. The highest BCUT2D eigenvalue weighted by molar-refractivity contribution is 14.0. The molecule has 4 nitrogen and oxygen atoms in total. The summed E-state index contributed by atoms with van der Waals surface area (Å²) in [5.74, 6) is 0.134. The van der Waals surface area contributed by atoms with Gasteiger partial charge in [-0.15, -0.1) is 24.0 Å². The van der Waals surface area contributed by atoms with E-state index < -0.39 is 0 Å². The summed E-state index contributed by atoms with van der Waals surface area (Å²) in [6, 6.07) is 8.16. The summed E-state index contributed by atoms with van der Waals surface area (Å²) in [4.78, 5) is 6.14. The molecule has 0 saturated carbocycles. The molecule has 1 aromatic carbocycles. The molecule has 0 fully saturated rings. The van der Waals surface area contributed by atoms with E-state index in [4.69, 9.17) is 11.5 Å². The Morgan fingerprint density at radius 2 is 1.75 bits per heavy atom. The van der Waals surface area contributed by atoms with E-state index in [1.165, 1.54) is 11.1 Å². The molecule has 0 aliphatic carbocycles. The highest BCUT2D eigenvalue weighted by atomic mass is 127. The summed E-state index contributed by atoms with van der Waals surface area (Å²) in [6.45, 7) is 1.45. The highest BCUT2D eigenvalue weighted by Gasteiger charge is 2.01. The Balaban J connectivity index is 0.00000225. The zero-order chi connectivity index (χ0) is 11.3. The van der Waals surface area contributed by atoms with E-state index in [9.17, 15) is 0 Å². The highest BCUT2D eigenvalue weighted by Crippen LogP contribution is 2.11. The topological polar surface area (TPSA) is 67.6 Å². The van der Waals surface area contributed by atoms with Crippen LogP contribution in [0, 0.1) is 0 Å². The first-order valence-corrected chi connectivity index (χ1v) is 4.86. The fourth-order valence-corrected chi connectivity index (χ4v) is 1.38. The van der Waals surface area contributed by atoms with Crippen molar-refractivity contribution >= 4 is 29.9 Å². The Hall–Kier alpha value is -0.820. The SMILES string of the molecule is CN(C)Cc1ccccc1CN=C(N)N.I. The van der Waals surface area contributed by atoms with Crippen molar-refractivity contribution in [3.8, 4) is 0 Å². The molecule has 0 heterocycles. The smallest absolute Gasteiger partial charge is 0.186 e.